The summed E-state index contributed by atoms with van der Waals surface area (Å²) in [5.41, 5.74) is 6.02. The van der Waals surface area contributed by atoms with E-state index in [2.05, 4.69) is 10.4 Å². The number of rotatable bonds is 6. The molecule has 1 aliphatic carbocycles. The van der Waals surface area contributed by atoms with E-state index in [0.717, 1.165) is 25.7 Å². The Morgan fingerprint density at radius 2 is 2.00 bits per heavy atom. The molecule has 0 spiro atoms. The van der Waals surface area contributed by atoms with E-state index in [-0.39, 0.29) is 16.8 Å². The number of nitrogen functional groups attached to an aromatic ring is 1. The van der Waals surface area contributed by atoms with Crippen molar-refractivity contribution in [3.63, 3.8) is 0 Å². The van der Waals surface area contributed by atoms with Crippen LogP contribution in [-0.4, -0.2) is 30.5 Å². The third kappa shape index (κ3) is 2.86. The van der Waals surface area contributed by atoms with Crippen LogP contribution in [0.4, 0.5) is 11.6 Å². The van der Waals surface area contributed by atoms with Crippen LogP contribution >= 0.6 is 0 Å². The van der Waals surface area contributed by atoms with Gasteiger partial charge in [0.15, 0.2) is 20.6 Å². The van der Waals surface area contributed by atoms with Gasteiger partial charge in [-0.1, -0.05) is 13.8 Å². The predicted molar refractivity (Wildman–Crippen MR) is 76.0 cm³/mol. The van der Waals surface area contributed by atoms with Crippen LogP contribution in [0, 0.1) is 0 Å². The van der Waals surface area contributed by atoms with Gasteiger partial charge in [-0.2, -0.15) is 5.10 Å². The van der Waals surface area contributed by atoms with Gasteiger partial charge in [0, 0.05) is 12.3 Å². The number of anilines is 2. The summed E-state index contributed by atoms with van der Waals surface area (Å²) in [5, 5.41) is 7.56. The Morgan fingerprint density at radius 1 is 1.42 bits per heavy atom. The summed E-state index contributed by atoms with van der Waals surface area (Å²) < 4.78 is 25.5. The molecule has 3 N–H and O–H groups in total. The SMILES string of the molecule is CCC(CC)n1nc(NC2CC2)c(S(C)(=O)=O)c1N. The van der Waals surface area contributed by atoms with Crippen molar-refractivity contribution in [3.8, 4) is 0 Å². The van der Waals surface area contributed by atoms with E-state index < -0.39 is 9.84 Å². The molecule has 19 heavy (non-hydrogen) atoms. The van der Waals surface area contributed by atoms with Crippen molar-refractivity contribution in [1.82, 2.24) is 9.78 Å². The lowest BCUT2D eigenvalue weighted by Crippen LogP contribution is -2.12. The smallest absolute Gasteiger partial charge is 0.182 e. The standard InChI is InChI=1S/C12H22N4O2S/c1-4-9(5-2)16-11(13)10(19(3,17)18)12(15-16)14-8-6-7-8/h8-9H,4-7,13H2,1-3H3,(H,14,15). The molecule has 0 atom stereocenters. The Bertz CT molecular complexity index is 557. The van der Waals surface area contributed by atoms with Crippen LogP contribution in [0.1, 0.15) is 45.6 Å². The molecule has 0 unspecified atom stereocenters. The molecule has 0 saturated heterocycles. The van der Waals surface area contributed by atoms with Crippen LogP contribution in [-0.2, 0) is 9.84 Å². The van der Waals surface area contributed by atoms with Gasteiger partial charge >= 0.3 is 0 Å². The molecule has 1 aliphatic rings. The fourth-order valence-corrected chi connectivity index (χ4v) is 3.15. The van der Waals surface area contributed by atoms with E-state index in [9.17, 15) is 8.42 Å². The van der Waals surface area contributed by atoms with Crippen LogP contribution in [0.2, 0.25) is 0 Å². The van der Waals surface area contributed by atoms with Crippen LogP contribution in [0.25, 0.3) is 0 Å². The molecule has 1 saturated carbocycles. The molecule has 0 aliphatic heterocycles. The Kier molecular flexibility index (Phi) is 3.75. The fraction of sp³-hybridized carbons (Fsp3) is 0.750. The van der Waals surface area contributed by atoms with Gasteiger partial charge in [0.05, 0.1) is 6.04 Å². The quantitative estimate of drug-likeness (QED) is 0.832. The van der Waals surface area contributed by atoms with E-state index in [1.165, 1.54) is 6.26 Å². The van der Waals surface area contributed by atoms with E-state index in [4.69, 9.17) is 5.73 Å². The summed E-state index contributed by atoms with van der Waals surface area (Å²) in [6, 6.07) is 0.472. The minimum absolute atomic E-state index is 0.134. The van der Waals surface area contributed by atoms with E-state index in [1.54, 1.807) is 4.68 Å². The maximum Gasteiger partial charge on any atom is 0.182 e. The lowest BCUT2D eigenvalue weighted by atomic mass is 10.2. The minimum atomic E-state index is -3.38. The second kappa shape index (κ2) is 5.03. The van der Waals surface area contributed by atoms with Crippen molar-refractivity contribution < 1.29 is 8.42 Å². The lowest BCUT2D eigenvalue weighted by Gasteiger charge is -2.14. The highest BCUT2D eigenvalue weighted by molar-refractivity contribution is 7.91. The van der Waals surface area contributed by atoms with Gasteiger partial charge in [-0.15, -0.1) is 0 Å². The summed E-state index contributed by atoms with van der Waals surface area (Å²) in [5.74, 6) is 0.661. The van der Waals surface area contributed by atoms with Crippen molar-refractivity contribution in [1.29, 1.82) is 0 Å². The number of nitrogens with two attached hydrogens (primary N) is 1. The van der Waals surface area contributed by atoms with Crippen LogP contribution in [0.15, 0.2) is 4.90 Å². The molecular weight excluding hydrogens is 264 g/mol. The number of hydrogen-bond donors (Lipinski definition) is 2. The molecule has 0 amide bonds. The molecular formula is C12H22N4O2S. The van der Waals surface area contributed by atoms with Crippen LogP contribution < -0.4 is 11.1 Å². The van der Waals surface area contributed by atoms with E-state index >= 15 is 0 Å². The first-order valence-electron chi connectivity index (χ1n) is 6.73. The Balaban J connectivity index is 2.49. The van der Waals surface area contributed by atoms with E-state index in [0.29, 0.717) is 11.9 Å². The Morgan fingerprint density at radius 3 is 2.42 bits per heavy atom. The largest absolute Gasteiger partial charge is 0.383 e. The molecule has 1 fully saturated rings. The zero-order chi connectivity index (χ0) is 14.2. The Labute approximate surface area is 114 Å². The summed E-state index contributed by atoms with van der Waals surface area (Å²) in [7, 11) is -3.38. The number of nitrogens with one attached hydrogen (secondary N) is 1. The average Bonchev–Trinajstić information content (AvgIpc) is 3.05. The minimum Gasteiger partial charge on any atom is -0.383 e. The number of nitrogens with zero attached hydrogens (tertiary/aromatic N) is 2. The Hall–Kier alpha value is -1.24. The number of aromatic nitrogens is 2. The first-order chi connectivity index (χ1) is 8.88. The first-order valence-corrected chi connectivity index (χ1v) is 8.62. The summed E-state index contributed by atoms with van der Waals surface area (Å²) >= 11 is 0. The zero-order valence-corrected chi connectivity index (χ0v) is 12.5. The molecule has 1 aromatic rings. The number of hydrogen-bond acceptors (Lipinski definition) is 5. The molecule has 0 radical (unpaired) electrons. The second-order valence-electron chi connectivity index (χ2n) is 5.17. The van der Waals surface area contributed by atoms with Crippen molar-refractivity contribution in [2.24, 2.45) is 0 Å². The molecule has 1 heterocycles. The average molecular weight is 286 g/mol. The third-order valence-electron chi connectivity index (χ3n) is 3.48. The van der Waals surface area contributed by atoms with Crippen LogP contribution in [0.3, 0.4) is 0 Å². The van der Waals surface area contributed by atoms with Gasteiger partial charge in [0.1, 0.15) is 5.82 Å². The first kappa shape index (κ1) is 14.2. The normalized spacial score (nSPS) is 16.0. The molecule has 108 valence electrons. The third-order valence-corrected chi connectivity index (χ3v) is 4.62. The topological polar surface area (TPSA) is 90.0 Å². The molecule has 0 bridgehead atoms. The highest BCUT2D eigenvalue weighted by atomic mass is 32.2. The fourth-order valence-electron chi connectivity index (χ4n) is 2.23. The molecule has 7 heteroatoms. The van der Waals surface area contributed by atoms with Gasteiger partial charge in [-0.3, -0.25) is 0 Å². The zero-order valence-electron chi connectivity index (χ0n) is 11.7. The molecule has 1 aromatic heterocycles. The maximum atomic E-state index is 11.9. The highest BCUT2D eigenvalue weighted by Crippen LogP contribution is 2.34. The maximum absolute atomic E-state index is 11.9. The van der Waals surface area contributed by atoms with Crippen molar-refractivity contribution in [3.05, 3.63) is 0 Å². The predicted octanol–water partition coefficient (Wildman–Crippen LogP) is 1.80. The summed E-state index contributed by atoms with van der Waals surface area (Å²) in [4.78, 5) is 0.145. The van der Waals surface area contributed by atoms with Gasteiger partial charge in [-0.25, -0.2) is 13.1 Å². The summed E-state index contributed by atoms with van der Waals surface area (Å²) in [6.07, 6.45) is 5.03. The van der Waals surface area contributed by atoms with Gasteiger partial charge in [0.2, 0.25) is 0 Å². The van der Waals surface area contributed by atoms with Crippen LogP contribution in [0.5, 0.6) is 0 Å². The molecule has 0 aromatic carbocycles. The number of sulfone groups is 1. The summed E-state index contributed by atoms with van der Waals surface area (Å²) in [6.45, 7) is 4.09. The highest BCUT2D eigenvalue weighted by Gasteiger charge is 2.30. The van der Waals surface area contributed by atoms with Gasteiger partial charge in [0.25, 0.3) is 0 Å². The van der Waals surface area contributed by atoms with E-state index in [1.807, 2.05) is 13.8 Å². The van der Waals surface area contributed by atoms with Gasteiger partial charge < -0.3 is 11.1 Å². The molecule has 6 nitrogen and oxygen atoms in total. The molecule has 2 rings (SSSR count). The monoisotopic (exact) mass is 286 g/mol. The van der Waals surface area contributed by atoms with Crippen molar-refractivity contribution in [2.75, 3.05) is 17.3 Å². The van der Waals surface area contributed by atoms with Crippen molar-refractivity contribution >= 4 is 21.5 Å². The second-order valence-corrected chi connectivity index (χ2v) is 7.12. The lowest BCUT2D eigenvalue weighted by molar-refractivity contribution is 0.435. The van der Waals surface area contributed by atoms with Gasteiger partial charge in [-0.05, 0) is 25.7 Å². The van der Waals surface area contributed by atoms with Crippen molar-refractivity contribution in [2.45, 2.75) is 56.5 Å².